The van der Waals surface area contributed by atoms with Gasteiger partial charge in [0.2, 0.25) is 5.78 Å². The summed E-state index contributed by atoms with van der Waals surface area (Å²) in [6.07, 6.45) is 0. The number of hydrogen-bond acceptors (Lipinski definition) is 4. The molecule has 3 aromatic rings. The largest absolute Gasteiger partial charge is 0.485 e. The summed E-state index contributed by atoms with van der Waals surface area (Å²) < 4.78 is 12.9. The molecule has 0 saturated carbocycles. The summed E-state index contributed by atoms with van der Waals surface area (Å²) in [5, 5.41) is 0. The van der Waals surface area contributed by atoms with Crippen LogP contribution in [0, 0.1) is 13.8 Å². The smallest absolute Gasteiger partial charge is 0.202 e. The molecule has 3 rings (SSSR count). The van der Waals surface area contributed by atoms with E-state index in [0.717, 1.165) is 11.4 Å². The second-order valence-corrected chi connectivity index (χ2v) is 6.86. The Balaban J connectivity index is 1.63. The molecule has 0 saturated heterocycles. The third-order valence-corrected chi connectivity index (χ3v) is 4.92. The average molecular weight is 391 g/mol. The molecule has 0 radical (unpaired) electrons. The van der Waals surface area contributed by atoms with E-state index in [1.807, 2.05) is 38.1 Å². The quantitative estimate of drug-likeness (QED) is 0.512. The van der Waals surface area contributed by atoms with Gasteiger partial charge in [0.15, 0.2) is 12.4 Å². The van der Waals surface area contributed by atoms with Crippen LogP contribution in [-0.2, 0) is 11.3 Å². The topological polar surface area (TPSA) is 57.5 Å². The molecular formula is C24H25NO4. The molecule has 0 amide bonds. The SMILES string of the molecule is COCCn1c(C)cc(C(=O)COc2ccc(C(=O)c3ccccc3)cc2)c1C. The first-order valence-corrected chi connectivity index (χ1v) is 9.52. The van der Waals surface area contributed by atoms with E-state index in [4.69, 9.17) is 9.47 Å². The van der Waals surface area contributed by atoms with Gasteiger partial charge in [0.1, 0.15) is 5.75 Å². The zero-order valence-electron chi connectivity index (χ0n) is 17.0. The molecule has 2 aromatic carbocycles. The van der Waals surface area contributed by atoms with Crippen LogP contribution in [0.4, 0.5) is 0 Å². The Morgan fingerprint density at radius 3 is 2.24 bits per heavy atom. The lowest BCUT2D eigenvalue weighted by atomic mass is 10.0. The van der Waals surface area contributed by atoms with E-state index in [-0.39, 0.29) is 18.2 Å². The maximum atomic E-state index is 12.6. The van der Waals surface area contributed by atoms with Crippen LogP contribution in [0.25, 0.3) is 0 Å². The van der Waals surface area contributed by atoms with Gasteiger partial charge in [0.25, 0.3) is 0 Å². The highest BCUT2D eigenvalue weighted by Crippen LogP contribution is 2.18. The summed E-state index contributed by atoms with van der Waals surface area (Å²) in [4.78, 5) is 25.1. The third kappa shape index (κ3) is 4.81. The van der Waals surface area contributed by atoms with Crippen LogP contribution in [0.3, 0.4) is 0 Å². The predicted octanol–water partition coefficient (Wildman–Crippen LogP) is 4.24. The average Bonchev–Trinajstić information content (AvgIpc) is 3.04. The number of nitrogens with zero attached hydrogens (tertiary/aromatic N) is 1. The minimum absolute atomic E-state index is 0.0447. The molecular weight excluding hydrogens is 366 g/mol. The maximum absolute atomic E-state index is 12.6. The standard InChI is InChI=1S/C24H25NO4/c1-17-15-22(18(2)25(17)13-14-28-3)23(26)16-29-21-11-9-20(10-12-21)24(27)19-7-5-4-6-8-19/h4-12,15H,13-14,16H2,1-3H3. The molecule has 0 aliphatic heterocycles. The van der Waals surface area contributed by atoms with Crippen LogP contribution in [-0.4, -0.2) is 36.5 Å². The molecule has 5 nitrogen and oxygen atoms in total. The molecule has 0 aliphatic rings. The first-order chi connectivity index (χ1) is 14.0. The fourth-order valence-electron chi connectivity index (χ4n) is 3.30. The van der Waals surface area contributed by atoms with Crippen LogP contribution in [0.1, 0.15) is 37.7 Å². The summed E-state index contributed by atoms with van der Waals surface area (Å²) in [6.45, 7) is 5.15. The Hall–Kier alpha value is -3.18. The number of ketones is 2. The molecule has 5 heteroatoms. The van der Waals surface area contributed by atoms with E-state index in [1.165, 1.54) is 0 Å². The molecule has 29 heavy (non-hydrogen) atoms. The zero-order chi connectivity index (χ0) is 20.8. The number of ether oxygens (including phenoxy) is 2. The monoisotopic (exact) mass is 391 g/mol. The molecule has 1 heterocycles. The van der Waals surface area contributed by atoms with Crippen molar-refractivity contribution in [3.8, 4) is 5.75 Å². The zero-order valence-corrected chi connectivity index (χ0v) is 17.0. The van der Waals surface area contributed by atoms with E-state index in [0.29, 0.717) is 35.6 Å². The summed E-state index contributed by atoms with van der Waals surface area (Å²) in [6, 6.07) is 17.9. The minimum Gasteiger partial charge on any atom is -0.485 e. The van der Waals surface area contributed by atoms with Crippen molar-refractivity contribution in [1.29, 1.82) is 0 Å². The summed E-state index contributed by atoms with van der Waals surface area (Å²) in [7, 11) is 1.66. The Morgan fingerprint density at radius 1 is 0.931 bits per heavy atom. The van der Waals surface area contributed by atoms with Crippen LogP contribution in [0.15, 0.2) is 60.7 Å². The van der Waals surface area contributed by atoms with Gasteiger partial charge >= 0.3 is 0 Å². The molecule has 0 unspecified atom stereocenters. The van der Waals surface area contributed by atoms with E-state index in [1.54, 1.807) is 43.5 Å². The molecule has 0 aliphatic carbocycles. The van der Waals surface area contributed by atoms with Crippen LogP contribution in [0.2, 0.25) is 0 Å². The van der Waals surface area contributed by atoms with E-state index in [2.05, 4.69) is 4.57 Å². The molecule has 0 spiro atoms. The Kier molecular flexibility index (Phi) is 6.62. The number of carbonyl (C=O) groups is 2. The lowest BCUT2D eigenvalue weighted by Crippen LogP contribution is -2.14. The summed E-state index contributed by atoms with van der Waals surface area (Å²) >= 11 is 0. The van der Waals surface area contributed by atoms with Gasteiger partial charge in [-0.1, -0.05) is 30.3 Å². The van der Waals surface area contributed by atoms with Crippen molar-refractivity contribution in [2.24, 2.45) is 0 Å². The van der Waals surface area contributed by atoms with Crippen molar-refractivity contribution in [1.82, 2.24) is 4.57 Å². The van der Waals surface area contributed by atoms with Crippen molar-refractivity contribution in [3.63, 3.8) is 0 Å². The normalized spacial score (nSPS) is 10.7. The fourth-order valence-corrected chi connectivity index (χ4v) is 3.30. The molecule has 1 aromatic heterocycles. The fraction of sp³-hybridized carbons (Fsp3) is 0.250. The van der Waals surface area contributed by atoms with E-state index < -0.39 is 0 Å². The number of methoxy groups -OCH3 is 1. The molecule has 0 N–H and O–H groups in total. The Labute approximate surface area is 170 Å². The van der Waals surface area contributed by atoms with Crippen LogP contribution >= 0.6 is 0 Å². The lowest BCUT2D eigenvalue weighted by molar-refractivity contribution is 0.0919. The Bertz CT molecular complexity index is 988. The lowest BCUT2D eigenvalue weighted by Gasteiger charge is -2.09. The van der Waals surface area contributed by atoms with Gasteiger partial charge in [-0.3, -0.25) is 9.59 Å². The predicted molar refractivity (Wildman–Crippen MR) is 112 cm³/mol. The number of aryl methyl sites for hydroxylation is 1. The van der Waals surface area contributed by atoms with Gasteiger partial charge in [-0.25, -0.2) is 0 Å². The van der Waals surface area contributed by atoms with Gasteiger partial charge in [-0.15, -0.1) is 0 Å². The van der Waals surface area contributed by atoms with Crippen molar-refractivity contribution >= 4 is 11.6 Å². The second kappa shape index (κ2) is 9.34. The number of carbonyl (C=O) groups excluding carboxylic acids is 2. The molecule has 0 fully saturated rings. The minimum atomic E-state index is -0.0776. The number of hydrogen-bond donors (Lipinski definition) is 0. The third-order valence-electron chi connectivity index (χ3n) is 4.92. The Morgan fingerprint density at radius 2 is 1.59 bits per heavy atom. The van der Waals surface area contributed by atoms with Gasteiger partial charge in [-0.2, -0.15) is 0 Å². The number of aromatic nitrogens is 1. The van der Waals surface area contributed by atoms with Gasteiger partial charge in [-0.05, 0) is 44.2 Å². The number of benzene rings is 2. The maximum Gasteiger partial charge on any atom is 0.202 e. The first kappa shape index (κ1) is 20.6. The van der Waals surface area contributed by atoms with Crippen molar-refractivity contribution in [3.05, 3.63) is 88.7 Å². The highest BCUT2D eigenvalue weighted by atomic mass is 16.5. The van der Waals surface area contributed by atoms with Crippen molar-refractivity contribution < 1.29 is 19.1 Å². The molecule has 150 valence electrons. The number of Topliss-reactive ketones (excluding diaryl/α,β-unsaturated/α-hetero) is 1. The van der Waals surface area contributed by atoms with Gasteiger partial charge in [0, 0.05) is 41.7 Å². The second-order valence-electron chi connectivity index (χ2n) is 6.86. The molecule has 0 atom stereocenters. The highest BCUT2D eigenvalue weighted by Gasteiger charge is 2.16. The van der Waals surface area contributed by atoms with Gasteiger partial charge < -0.3 is 14.0 Å². The first-order valence-electron chi connectivity index (χ1n) is 9.52. The van der Waals surface area contributed by atoms with Crippen molar-refractivity contribution in [2.45, 2.75) is 20.4 Å². The van der Waals surface area contributed by atoms with Crippen molar-refractivity contribution in [2.75, 3.05) is 20.3 Å². The van der Waals surface area contributed by atoms with Gasteiger partial charge in [0.05, 0.1) is 6.61 Å². The highest BCUT2D eigenvalue weighted by molar-refractivity contribution is 6.09. The van der Waals surface area contributed by atoms with Crippen LogP contribution in [0.5, 0.6) is 5.75 Å². The van der Waals surface area contributed by atoms with E-state index in [9.17, 15) is 9.59 Å². The number of rotatable bonds is 9. The summed E-state index contributed by atoms with van der Waals surface area (Å²) in [5.41, 5.74) is 3.81. The van der Waals surface area contributed by atoms with Crippen LogP contribution < -0.4 is 4.74 Å². The molecule has 0 bridgehead atoms. The summed E-state index contributed by atoms with van der Waals surface area (Å²) in [5.74, 6) is 0.430. The van der Waals surface area contributed by atoms with E-state index >= 15 is 0 Å².